The van der Waals surface area contributed by atoms with Gasteiger partial charge in [0.05, 0.1) is 0 Å². The molecule has 1 aliphatic carbocycles. The van der Waals surface area contributed by atoms with Gasteiger partial charge in [0, 0.05) is 0 Å². The molecule has 0 spiro atoms. The average molecular weight is 346 g/mol. The van der Waals surface area contributed by atoms with E-state index in [4.69, 9.17) is 0 Å². The summed E-state index contributed by atoms with van der Waals surface area (Å²) in [5.74, 6) is 0. The van der Waals surface area contributed by atoms with Crippen LogP contribution in [0.25, 0.3) is 29.0 Å². The van der Waals surface area contributed by atoms with Crippen molar-refractivity contribution >= 4 is 29.0 Å². The predicted octanol–water partition coefficient (Wildman–Crippen LogP) is 7.27. The standard InChI is InChI=1S/C14H12.C13H10/c1-3-7-13(8-4-1)11-12-14-9-5-2-6-10-14;1-4-10-6-2-8-12-9-3-7-11(5-1)13(10)12/h1-12H;1-8H,9H2. The molecule has 0 amide bonds. The summed E-state index contributed by atoms with van der Waals surface area (Å²) >= 11 is 0. The number of rotatable bonds is 2. The zero-order chi connectivity index (χ0) is 18.3. The van der Waals surface area contributed by atoms with Gasteiger partial charge in [-0.1, -0.05) is 121 Å². The maximum atomic E-state index is 2.23. The summed E-state index contributed by atoms with van der Waals surface area (Å²) in [5, 5.41) is 2.80. The lowest BCUT2D eigenvalue weighted by Gasteiger charge is -2.11. The molecule has 0 heteroatoms. The van der Waals surface area contributed by atoms with Crippen molar-refractivity contribution in [2.24, 2.45) is 0 Å². The van der Waals surface area contributed by atoms with Crippen LogP contribution in [0.3, 0.4) is 0 Å². The van der Waals surface area contributed by atoms with Crippen LogP contribution in [0.1, 0.15) is 22.3 Å². The monoisotopic (exact) mass is 346 g/mol. The molecule has 27 heavy (non-hydrogen) atoms. The minimum atomic E-state index is 1.08. The molecule has 4 aromatic rings. The molecule has 0 bridgehead atoms. The van der Waals surface area contributed by atoms with Crippen LogP contribution in [-0.4, -0.2) is 0 Å². The number of hydrogen-bond acceptors (Lipinski definition) is 0. The van der Waals surface area contributed by atoms with Crippen molar-refractivity contribution in [3.63, 3.8) is 0 Å². The lowest BCUT2D eigenvalue weighted by atomic mass is 9.93. The van der Waals surface area contributed by atoms with Crippen LogP contribution in [0.5, 0.6) is 0 Å². The average Bonchev–Trinajstić information content (AvgIpc) is 2.75. The normalized spacial score (nSPS) is 12.0. The van der Waals surface area contributed by atoms with Crippen molar-refractivity contribution in [1.29, 1.82) is 0 Å². The molecule has 0 unspecified atom stereocenters. The summed E-state index contributed by atoms with van der Waals surface area (Å²) in [6, 6.07) is 33.7. The molecule has 0 aromatic heterocycles. The zero-order valence-electron chi connectivity index (χ0n) is 15.3. The first kappa shape index (κ1) is 17.1. The number of hydrogen-bond donors (Lipinski definition) is 0. The van der Waals surface area contributed by atoms with E-state index in [0.29, 0.717) is 0 Å². The topological polar surface area (TPSA) is 0 Å². The molecule has 0 saturated carbocycles. The van der Waals surface area contributed by atoms with E-state index in [-0.39, 0.29) is 0 Å². The molecule has 1 aliphatic rings. The van der Waals surface area contributed by atoms with Gasteiger partial charge < -0.3 is 0 Å². The fourth-order valence-electron chi connectivity index (χ4n) is 3.39. The molecule has 0 heterocycles. The van der Waals surface area contributed by atoms with E-state index in [2.05, 4.69) is 85.0 Å². The van der Waals surface area contributed by atoms with Crippen LogP contribution in [0.4, 0.5) is 0 Å². The molecule has 0 N–H and O–H groups in total. The minimum absolute atomic E-state index is 1.08. The van der Waals surface area contributed by atoms with Gasteiger partial charge in [0.2, 0.25) is 0 Å². The highest BCUT2D eigenvalue weighted by molar-refractivity contribution is 5.94. The van der Waals surface area contributed by atoms with Gasteiger partial charge in [-0.2, -0.15) is 0 Å². The van der Waals surface area contributed by atoms with Gasteiger partial charge in [0.1, 0.15) is 0 Å². The minimum Gasteiger partial charge on any atom is -0.0795 e. The van der Waals surface area contributed by atoms with E-state index in [1.54, 1.807) is 0 Å². The highest BCUT2D eigenvalue weighted by atomic mass is 14.1. The Balaban J connectivity index is 0.000000134. The zero-order valence-corrected chi connectivity index (χ0v) is 15.3. The van der Waals surface area contributed by atoms with E-state index < -0.39 is 0 Å². The third-order valence-corrected chi connectivity index (χ3v) is 4.73. The summed E-state index contributed by atoms with van der Waals surface area (Å²) in [5.41, 5.74) is 5.28. The lowest BCUT2D eigenvalue weighted by molar-refractivity contribution is 1.29. The third kappa shape index (κ3) is 4.24. The van der Waals surface area contributed by atoms with E-state index in [1.807, 2.05) is 36.4 Å². The van der Waals surface area contributed by atoms with Crippen LogP contribution in [-0.2, 0) is 6.42 Å². The Kier molecular flexibility index (Phi) is 5.26. The van der Waals surface area contributed by atoms with Crippen molar-refractivity contribution in [3.8, 4) is 0 Å². The molecule has 0 fully saturated rings. The summed E-state index contributed by atoms with van der Waals surface area (Å²) in [4.78, 5) is 0. The van der Waals surface area contributed by atoms with Crippen LogP contribution in [0.15, 0.2) is 103 Å². The number of benzene rings is 4. The Morgan fingerprint density at radius 3 is 1.78 bits per heavy atom. The first-order valence-corrected chi connectivity index (χ1v) is 9.35. The second-order valence-corrected chi connectivity index (χ2v) is 6.62. The molecule has 0 saturated heterocycles. The van der Waals surface area contributed by atoms with E-state index >= 15 is 0 Å². The Labute approximate surface area is 161 Å². The van der Waals surface area contributed by atoms with Crippen molar-refractivity contribution < 1.29 is 0 Å². The van der Waals surface area contributed by atoms with Crippen molar-refractivity contribution in [1.82, 2.24) is 0 Å². The predicted molar refractivity (Wildman–Crippen MR) is 118 cm³/mol. The first-order valence-electron chi connectivity index (χ1n) is 9.35. The fourth-order valence-corrected chi connectivity index (χ4v) is 3.39. The van der Waals surface area contributed by atoms with E-state index in [1.165, 1.54) is 33.0 Å². The maximum Gasteiger partial charge on any atom is -0.00763 e. The Bertz CT molecular complexity index is 1020. The third-order valence-electron chi connectivity index (χ3n) is 4.73. The van der Waals surface area contributed by atoms with Crippen molar-refractivity contribution in [2.45, 2.75) is 6.42 Å². The fraction of sp³-hybridized carbons (Fsp3) is 0.0370. The smallest absolute Gasteiger partial charge is 0.00763 e. The van der Waals surface area contributed by atoms with Crippen molar-refractivity contribution in [2.75, 3.05) is 0 Å². The van der Waals surface area contributed by atoms with Crippen LogP contribution in [0.2, 0.25) is 0 Å². The maximum absolute atomic E-state index is 2.23. The van der Waals surface area contributed by atoms with Crippen LogP contribution >= 0.6 is 0 Å². The molecule has 0 aliphatic heterocycles. The van der Waals surface area contributed by atoms with Gasteiger partial charge in [-0.3, -0.25) is 0 Å². The van der Waals surface area contributed by atoms with Gasteiger partial charge in [-0.05, 0) is 39.4 Å². The molecule has 4 aromatic carbocycles. The molecular formula is C27H22. The van der Waals surface area contributed by atoms with Crippen LogP contribution in [0, 0.1) is 0 Å². The van der Waals surface area contributed by atoms with E-state index in [0.717, 1.165) is 6.42 Å². The SMILES string of the molecule is C(=Cc1ccccc1)c1ccccc1.C1=Cc2cccc3cccc(c23)C1. The second-order valence-electron chi connectivity index (χ2n) is 6.62. The van der Waals surface area contributed by atoms with Gasteiger partial charge in [-0.25, -0.2) is 0 Å². The van der Waals surface area contributed by atoms with Gasteiger partial charge >= 0.3 is 0 Å². The summed E-state index contributed by atoms with van der Waals surface area (Å²) in [7, 11) is 0. The van der Waals surface area contributed by atoms with Gasteiger partial charge in [-0.15, -0.1) is 0 Å². The molecule has 0 atom stereocenters. The summed E-state index contributed by atoms with van der Waals surface area (Å²) in [6.07, 6.45) is 9.77. The second kappa shape index (κ2) is 8.33. The quantitative estimate of drug-likeness (QED) is 0.335. The molecule has 0 nitrogen and oxygen atoms in total. The highest BCUT2D eigenvalue weighted by Gasteiger charge is 2.06. The lowest BCUT2D eigenvalue weighted by Crippen LogP contribution is -1.91. The molecule has 0 radical (unpaired) electrons. The number of allylic oxidation sites excluding steroid dienone is 1. The first-order chi connectivity index (χ1) is 13.4. The van der Waals surface area contributed by atoms with Crippen LogP contribution < -0.4 is 0 Å². The van der Waals surface area contributed by atoms with Crippen molar-refractivity contribution in [3.05, 3.63) is 125 Å². The molecule has 130 valence electrons. The highest BCUT2D eigenvalue weighted by Crippen LogP contribution is 2.27. The summed E-state index contributed by atoms with van der Waals surface area (Å²) in [6.45, 7) is 0. The molecule has 5 rings (SSSR count). The summed E-state index contributed by atoms with van der Waals surface area (Å²) < 4.78 is 0. The molecular weight excluding hydrogens is 324 g/mol. The van der Waals surface area contributed by atoms with Gasteiger partial charge in [0.15, 0.2) is 0 Å². The van der Waals surface area contributed by atoms with E-state index in [9.17, 15) is 0 Å². The largest absolute Gasteiger partial charge is 0.0795 e. The Morgan fingerprint density at radius 1 is 0.556 bits per heavy atom. The van der Waals surface area contributed by atoms with Gasteiger partial charge in [0.25, 0.3) is 0 Å². The Hall–Kier alpha value is -3.38. The Morgan fingerprint density at radius 2 is 1.15 bits per heavy atom.